The van der Waals surface area contributed by atoms with Crippen LogP contribution in [-0.2, 0) is 4.79 Å². The third-order valence-electron chi connectivity index (χ3n) is 3.74. The number of carbonyl (C=O) groups is 1. The van der Waals surface area contributed by atoms with E-state index in [-0.39, 0.29) is 11.2 Å². The third kappa shape index (κ3) is 5.14. The Hall–Kier alpha value is -2.78. The van der Waals surface area contributed by atoms with E-state index >= 15 is 0 Å². The fraction of sp³-hybridized carbons (Fsp3) is 0.211. The van der Waals surface area contributed by atoms with E-state index in [1.165, 1.54) is 23.1 Å². The van der Waals surface area contributed by atoms with Crippen LogP contribution >= 0.6 is 23.1 Å². The number of amides is 1. The second-order valence-corrected chi connectivity index (χ2v) is 8.25. The Morgan fingerprint density at radius 1 is 1.11 bits per heavy atom. The van der Waals surface area contributed by atoms with Gasteiger partial charge in [-0.3, -0.25) is 4.79 Å². The lowest BCUT2D eigenvalue weighted by Gasteiger charge is -2.11. The second kappa shape index (κ2) is 9.43. The van der Waals surface area contributed by atoms with E-state index in [4.69, 9.17) is 9.47 Å². The van der Waals surface area contributed by atoms with Crippen LogP contribution in [0.15, 0.2) is 52.9 Å². The molecule has 0 unspecified atom stereocenters. The number of hydrogen-bond acceptors (Lipinski definition) is 8. The Morgan fingerprint density at radius 2 is 1.93 bits per heavy atom. The molecule has 9 heteroatoms. The summed E-state index contributed by atoms with van der Waals surface area (Å²) < 4.78 is 11.2. The highest BCUT2D eigenvalue weighted by Gasteiger charge is 2.18. The molecule has 3 rings (SSSR count). The molecule has 0 radical (unpaired) electrons. The summed E-state index contributed by atoms with van der Waals surface area (Å²) in [4.78, 5) is 12.4. The number of hydrogen-bond donors (Lipinski definition) is 2. The molecule has 0 bridgehead atoms. The van der Waals surface area contributed by atoms with E-state index in [0.717, 1.165) is 11.4 Å². The van der Waals surface area contributed by atoms with E-state index in [9.17, 15) is 4.79 Å². The van der Waals surface area contributed by atoms with Gasteiger partial charge in [0.15, 0.2) is 4.34 Å². The third-order valence-corrected chi connectivity index (χ3v) is 5.76. The topological polar surface area (TPSA) is 85.4 Å². The molecule has 1 amide bonds. The van der Waals surface area contributed by atoms with Crippen LogP contribution in [0.4, 0.5) is 16.5 Å². The summed E-state index contributed by atoms with van der Waals surface area (Å²) in [6, 6.07) is 14.8. The zero-order valence-electron chi connectivity index (χ0n) is 15.6. The summed E-state index contributed by atoms with van der Waals surface area (Å²) in [5.74, 6) is 1.29. The lowest BCUT2D eigenvalue weighted by atomic mass is 10.3. The van der Waals surface area contributed by atoms with Gasteiger partial charge in [-0.05, 0) is 31.2 Å². The molecule has 7 nitrogen and oxygen atoms in total. The van der Waals surface area contributed by atoms with E-state index in [1.807, 2.05) is 49.4 Å². The highest BCUT2D eigenvalue weighted by atomic mass is 32.2. The number of benzene rings is 2. The highest BCUT2D eigenvalue weighted by molar-refractivity contribution is 8.02. The fourth-order valence-corrected chi connectivity index (χ4v) is 4.23. The standard InChI is InChI=1S/C19H20N4O3S2/c1-12(17(24)20-13-7-6-8-14(11-13)25-2)27-19-23-22-18(28-19)21-15-9-4-5-10-16(15)26-3/h4-12H,1-3H3,(H,20,24)(H,21,22)/t12-/m0/s1. The monoisotopic (exact) mass is 416 g/mol. The first-order valence-electron chi connectivity index (χ1n) is 8.44. The van der Waals surface area contributed by atoms with Crippen LogP contribution < -0.4 is 20.1 Å². The number of anilines is 3. The lowest BCUT2D eigenvalue weighted by Crippen LogP contribution is -2.22. The van der Waals surface area contributed by atoms with E-state index in [0.29, 0.717) is 20.9 Å². The van der Waals surface area contributed by atoms with Crippen molar-refractivity contribution in [1.82, 2.24) is 10.2 Å². The van der Waals surface area contributed by atoms with Crippen molar-refractivity contribution in [1.29, 1.82) is 0 Å². The van der Waals surface area contributed by atoms with Gasteiger partial charge in [-0.1, -0.05) is 41.3 Å². The zero-order valence-corrected chi connectivity index (χ0v) is 17.3. The molecule has 0 saturated heterocycles. The van der Waals surface area contributed by atoms with Gasteiger partial charge < -0.3 is 20.1 Å². The maximum absolute atomic E-state index is 12.4. The fourth-order valence-electron chi connectivity index (χ4n) is 2.32. The summed E-state index contributed by atoms with van der Waals surface area (Å²) in [6.45, 7) is 1.83. The predicted molar refractivity (Wildman–Crippen MR) is 113 cm³/mol. The smallest absolute Gasteiger partial charge is 0.237 e. The Labute approximate surface area is 171 Å². The quantitative estimate of drug-likeness (QED) is 0.526. The SMILES string of the molecule is COc1cccc(NC(=O)[C@H](C)Sc2nnc(Nc3ccccc3OC)s2)c1. The Morgan fingerprint density at radius 3 is 2.71 bits per heavy atom. The van der Waals surface area contributed by atoms with Crippen LogP contribution in [0.5, 0.6) is 11.5 Å². The van der Waals surface area contributed by atoms with Gasteiger partial charge in [0.2, 0.25) is 11.0 Å². The van der Waals surface area contributed by atoms with Crippen molar-refractivity contribution in [2.45, 2.75) is 16.5 Å². The first-order valence-corrected chi connectivity index (χ1v) is 10.1. The molecule has 1 heterocycles. The molecule has 0 aliphatic heterocycles. The summed E-state index contributed by atoms with van der Waals surface area (Å²) in [6.07, 6.45) is 0. The van der Waals surface area contributed by atoms with Gasteiger partial charge in [0.1, 0.15) is 11.5 Å². The van der Waals surface area contributed by atoms with Crippen LogP contribution in [0.1, 0.15) is 6.92 Å². The average Bonchev–Trinajstić information content (AvgIpc) is 3.15. The maximum atomic E-state index is 12.4. The summed E-state index contributed by atoms with van der Waals surface area (Å²) >= 11 is 2.73. The van der Waals surface area contributed by atoms with Crippen LogP contribution in [0.3, 0.4) is 0 Å². The number of aromatic nitrogens is 2. The summed E-state index contributed by atoms with van der Waals surface area (Å²) in [5.41, 5.74) is 1.49. The number of nitrogens with one attached hydrogen (secondary N) is 2. The van der Waals surface area contributed by atoms with Crippen LogP contribution in [0.25, 0.3) is 0 Å². The number of nitrogens with zero attached hydrogens (tertiary/aromatic N) is 2. The van der Waals surface area contributed by atoms with Gasteiger partial charge in [0.25, 0.3) is 0 Å². The molecule has 2 N–H and O–H groups in total. The Bertz CT molecular complexity index is 948. The molecule has 0 spiro atoms. The normalized spacial score (nSPS) is 11.5. The van der Waals surface area contributed by atoms with Gasteiger partial charge >= 0.3 is 0 Å². The van der Waals surface area contributed by atoms with Crippen molar-refractivity contribution < 1.29 is 14.3 Å². The number of ether oxygens (including phenoxy) is 2. The minimum Gasteiger partial charge on any atom is -0.497 e. The average molecular weight is 417 g/mol. The number of carbonyl (C=O) groups excluding carboxylic acids is 1. The molecule has 0 aliphatic rings. The summed E-state index contributed by atoms with van der Waals surface area (Å²) in [5, 5.41) is 14.7. The molecule has 1 aromatic heterocycles. The van der Waals surface area contributed by atoms with Gasteiger partial charge in [0.05, 0.1) is 25.2 Å². The van der Waals surface area contributed by atoms with Gasteiger partial charge in [-0.15, -0.1) is 10.2 Å². The molecule has 146 valence electrons. The Balaban J connectivity index is 1.60. The van der Waals surface area contributed by atoms with Gasteiger partial charge in [0, 0.05) is 11.8 Å². The number of para-hydroxylation sites is 2. The van der Waals surface area contributed by atoms with Gasteiger partial charge in [-0.25, -0.2) is 0 Å². The molecule has 28 heavy (non-hydrogen) atoms. The van der Waals surface area contributed by atoms with Gasteiger partial charge in [-0.2, -0.15) is 0 Å². The molecule has 3 aromatic rings. The molecular formula is C19H20N4O3S2. The number of rotatable bonds is 8. The minimum absolute atomic E-state index is 0.118. The molecular weight excluding hydrogens is 396 g/mol. The van der Waals surface area contributed by atoms with E-state index in [1.54, 1.807) is 20.3 Å². The minimum atomic E-state index is -0.335. The first kappa shape index (κ1) is 20.0. The molecule has 2 aromatic carbocycles. The van der Waals surface area contributed by atoms with Crippen molar-refractivity contribution in [2.75, 3.05) is 24.9 Å². The molecule has 0 saturated carbocycles. The van der Waals surface area contributed by atoms with Crippen molar-refractivity contribution in [3.8, 4) is 11.5 Å². The molecule has 0 aliphatic carbocycles. The van der Waals surface area contributed by atoms with Crippen LogP contribution in [-0.4, -0.2) is 35.6 Å². The zero-order chi connectivity index (χ0) is 19.9. The lowest BCUT2D eigenvalue weighted by molar-refractivity contribution is -0.115. The highest BCUT2D eigenvalue weighted by Crippen LogP contribution is 2.33. The first-order chi connectivity index (χ1) is 13.6. The van der Waals surface area contributed by atoms with Crippen molar-refractivity contribution in [3.05, 3.63) is 48.5 Å². The molecule has 1 atom stereocenters. The largest absolute Gasteiger partial charge is 0.497 e. The van der Waals surface area contributed by atoms with E-state index in [2.05, 4.69) is 20.8 Å². The van der Waals surface area contributed by atoms with Crippen molar-refractivity contribution in [2.24, 2.45) is 0 Å². The maximum Gasteiger partial charge on any atom is 0.237 e. The van der Waals surface area contributed by atoms with Crippen molar-refractivity contribution in [3.63, 3.8) is 0 Å². The molecule has 0 fully saturated rings. The van der Waals surface area contributed by atoms with E-state index < -0.39 is 0 Å². The van der Waals surface area contributed by atoms with Crippen LogP contribution in [0, 0.1) is 0 Å². The summed E-state index contributed by atoms with van der Waals surface area (Å²) in [7, 11) is 3.20. The van der Waals surface area contributed by atoms with Crippen LogP contribution in [0.2, 0.25) is 0 Å². The second-order valence-electron chi connectivity index (χ2n) is 5.68. The number of thioether (sulfide) groups is 1. The van der Waals surface area contributed by atoms with Crippen molar-refractivity contribution >= 4 is 45.5 Å². The Kier molecular flexibility index (Phi) is 6.72. The predicted octanol–water partition coefficient (Wildman–Crippen LogP) is 4.42. The number of methoxy groups -OCH3 is 2.